The Bertz CT molecular complexity index is 898. The minimum absolute atomic E-state index is 0. The minimum atomic E-state index is -0.423. The molecule has 3 aromatic rings. The normalized spacial score (nSPS) is 21.2. The Labute approximate surface area is 157 Å². The highest BCUT2D eigenvalue weighted by molar-refractivity contribution is 5.51. The summed E-state index contributed by atoms with van der Waals surface area (Å²) in [4.78, 5) is 8.47. The number of ether oxygens (including phenoxy) is 1. The van der Waals surface area contributed by atoms with Gasteiger partial charge in [-0.05, 0) is 48.6 Å². The molecule has 0 amide bonds. The first-order valence-electron chi connectivity index (χ1n) is 8.97. The number of hydrogen-bond donors (Lipinski definition) is 1. The molecule has 140 valence electrons. The van der Waals surface area contributed by atoms with Crippen molar-refractivity contribution in [2.75, 3.05) is 0 Å². The van der Waals surface area contributed by atoms with Crippen LogP contribution in [-0.4, -0.2) is 21.2 Å². The number of nitrogens with zero attached hydrogens (tertiary/aromatic N) is 3. The second-order valence-corrected chi connectivity index (χ2v) is 7.12. The lowest BCUT2D eigenvalue weighted by atomic mass is 9.77. The van der Waals surface area contributed by atoms with Crippen LogP contribution in [0.5, 0.6) is 11.8 Å². The lowest BCUT2D eigenvalue weighted by molar-refractivity contribution is -0.277. The van der Waals surface area contributed by atoms with E-state index in [0.29, 0.717) is 23.3 Å². The first kappa shape index (κ1) is 17.5. The van der Waals surface area contributed by atoms with Crippen LogP contribution in [-0.2, 0) is 0 Å². The highest BCUT2D eigenvalue weighted by Gasteiger charge is 2.32. The fourth-order valence-electron chi connectivity index (χ4n) is 3.45. The van der Waals surface area contributed by atoms with Gasteiger partial charge in [0.1, 0.15) is 11.8 Å². The maximum absolute atomic E-state index is 11.0. The van der Waals surface area contributed by atoms with E-state index in [1.54, 1.807) is 6.20 Å². The Morgan fingerprint density at radius 3 is 2.22 bits per heavy atom. The summed E-state index contributed by atoms with van der Waals surface area (Å²) in [5.74, 6) is 1.74. The fraction of sp³-hybridized carbons (Fsp3) is 0.350. The molecule has 0 radical (unpaired) electrons. The molecule has 2 heterocycles. The quantitative estimate of drug-likeness (QED) is 0.733. The van der Waals surface area contributed by atoms with Crippen LogP contribution in [0.15, 0.2) is 47.2 Å². The second kappa shape index (κ2) is 7.00. The van der Waals surface area contributed by atoms with Crippen molar-refractivity contribution >= 4 is 0 Å². The maximum Gasteiger partial charge on any atom is 0.232 e. The molecule has 2 aliphatic carbocycles. The van der Waals surface area contributed by atoms with E-state index in [-0.39, 0.29) is 12.3 Å². The molecule has 7 nitrogen and oxygen atoms in total. The smallest absolute Gasteiger partial charge is 0.232 e. The van der Waals surface area contributed by atoms with Crippen LogP contribution in [0.3, 0.4) is 0 Å². The zero-order valence-corrected chi connectivity index (χ0v) is 15.2. The molecule has 2 aromatic heterocycles. The van der Waals surface area contributed by atoms with E-state index in [9.17, 15) is 5.11 Å². The zero-order chi connectivity index (χ0) is 17.5. The number of aromatic nitrogens is 3. The molecular weight excluding hydrogens is 344 g/mol. The molecular formula is C20H22N4O3. The molecule has 0 bridgehead atoms. The molecule has 0 unspecified atom stereocenters. The zero-order valence-electron chi connectivity index (χ0n) is 15.2. The summed E-state index contributed by atoms with van der Waals surface area (Å²) in [7, 11) is 0. The molecule has 0 aliphatic heterocycles. The highest BCUT2D eigenvalue weighted by atomic mass is 16.5. The number of rotatable bonds is 5. The molecule has 0 atom stereocenters. The third-order valence-electron chi connectivity index (χ3n) is 5.21. The minimum Gasteiger partial charge on any atom is -0.856 e. The van der Waals surface area contributed by atoms with Gasteiger partial charge in [-0.2, -0.15) is 0 Å². The molecule has 5 rings (SSSR count). The van der Waals surface area contributed by atoms with Gasteiger partial charge in [0.05, 0.1) is 12.4 Å². The van der Waals surface area contributed by atoms with E-state index in [1.807, 2.05) is 0 Å². The van der Waals surface area contributed by atoms with Gasteiger partial charge in [0.25, 0.3) is 0 Å². The van der Waals surface area contributed by atoms with E-state index in [1.165, 1.54) is 36.2 Å². The summed E-state index contributed by atoms with van der Waals surface area (Å²) < 4.78 is 10.8. The molecule has 7 heteroatoms. The molecule has 2 saturated carbocycles. The predicted molar refractivity (Wildman–Crippen MR) is 97.8 cm³/mol. The van der Waals surface area contributed by atoms with Gasteiger partial charge >= 0.3 is 0 Å². The van der Waals surface area contributed by atoms with Crippen molar-refractivity contribution in [2.45, 2.75) is 43.6 Å². The van der Waals surface area contributed by atoms with Crippen LogP contribution in [0.2, 0.25) is 0 Å². The maximum atomic E-state index is 11.0. The van der Waals surface area contributed by atoms with Gasteiger partial charge in [-0.1, -0.05) is 29.4 Å². The van der Waals surface area contributed by atoms with E-state index in [0.717, 1.165) is 18.8 Å². The van der Waals surface area contributed by atoms with Gasteiger partial charge < -0.3 is 20.5 Å². The molecule has 0 spiro atoms. The molecule has 0 saturated heterocycles. The van der Waals surface area contributed by atoms with Crippen LogP contribution in [0, 0.1) is 0 Å². The van der Waals surface area contributed by atoms with E-state index in [2.05, 4.69) is 39.4 Å². The average molecular weight is 366 g/mol. The van der Waals surface area contributed by atoms with E-state index in [4.69, 9.17) is 9.26 Å². The Morgan fingerprint density at radius 2 is 1.67 bits per heavy atom. The first-order chi connectivity index (χ1) is 12.7. The molecule has 27 heavy (non-hydrogen) atoms. The van der Waals surface area contributed by atoms with Crippen molar-refractivity contribution in [3.8, 4) is 23.2 Å². The van der Waals surface area contributed by atoms with Crippen molar-refractivity contribution in [1.82, 2.24) is 21.3 Å². The summed E-state index contributed by atoms with van der Waals surface area (Å²) >= 11 is 0. The number of quaternary nitrogens is 1. The Balaban J connectivity index is 0.00000180. The van der Waals surface area contributed by atoms with Crippen LogP contribution in [0.1, 0.15) is 48.6 Å². The van der Waals surface area contributed by atoms with Gasteiger partial charge in [-0.25, -0.2) is 9.97 Å². The summed E-state index contributed by atoms with van der Waals surface area (Å²) in [6.45, 7) is 0. The molecule has 2 fully saturated rings. The number of benzene rings is 1. The van der Waals surface area contributed by atoms with Crippen LogP contribution < -0.4 is 16.0 Å². The highest BCUT2D eigenvalue weighted by Crippen LogP contribution is 2.42. The Morgan fingerprint density at radius 1 is 0.963 bits per heavy atom. The van der Waals surface area contributed by atoms with Gasteiger partial charge in [0.2, 0.25) is 5.88 Å². The van der Waals surface area contributed by atoms with Crippen molar-refractivity contribution in [3.63, 3.8) is 0 Å². The average Bonchev–Trinajstić information content (AvgIpc) is 3.40. The number of hydrogen-bond acceptors (Lipinski definition) is 6. The van der Waals surface area contributed by atoms with Gasteiger partial charge in [0, 0.05) is 11.9 Å². The van der Waals surface area contributed by atoms with Crippen molar-refractivity contribution in [1.29, 1.82) is 0 Å². The van der Waals surface area contributed by atoms with Crippen LogP contribution in [0.4, 0.5) is 0 Å². The summed E-state index contributed by atoms with van der Waals surface area (Å²) in [5.41, 5.74) is 3.34. The monoisotopic (exact) mass is 366 g/mol. The molecule has 4 N–H and O–H groups in total. The summed E-state index contributed by atoms with van der Waals surface area (Å²) in [6, 6.07) is 10.4. The van der Waals surface area contributed by atoms with Gasteiger partial charge in [-0.3, -0.25) is 0 Å². The summed E-state index contributed by atoms with van der Waals surface area (Å²) in [5, 5.41) is 14.4. The Hall–Kier alpha value is -2.93. The van der Waals surface area contributed by atoms with Gasteiger partial charge in [-0.15, -0.1) is 0 Å². The first-order valence-corrected chi connectivity index (χ1v) is 8.97. The topological polar surface area (TPSA) is 121 Å². The van der Waals surface area contributed by atoms with E-state index < -0.39 is 5.88 Å². The lowest BCUT2D eigenvalue weighted by Crippen LogP contribution is -2.32. The van der Waals surface area contributed by atoms with Crippen LogP contribution in [0.25, 0.3) is 11.5 Å². The molecule has 2 aliphatic rings. The van der Waals surface area contributed by atoms with Crippen molar-refractivity contribution in [3.05, 3.63) is 53.9 Å². The fourth-order valence-corrected chi connectivity index (χ4v) is 3.45. The largest absolute Gasteiger partial charge is 0.856 e. The SMILES string of the molecule is [NH4+].[O-]c1cc(-c2cnc(OC3CC(c4ccc(C5CC5)cc4)C3)cn2)on1. The van der Waals surface area contributed by atoms with Crippen molar-refractivity contribution < 1.29 is 14.4 Å². The lowest BCUT2D eigenvalue weighted by Gasteiger charge is -2.35. The molecule has 1 aromatic carbocycles. The third kappa shape index (κ3) is 3.64. The standard InChI is InChI=1S/C20H19N3O3.H3N/c24-19-9-18(26-23-19)17-10-22-20(11-21-17)25-16-7-15(8-16)14-5-3-13(4-6-14)12-1-2-12;/h3-6,9-12,15-16H,1-2,7-8H2,(H,23,24);1H3. The van der Waals surface area contributed by atoms with E-state index >= 15 is 0 Å². The summed E-state index contributed by atoms with van der Waals surface area (Å²) in [6.07, 6.45) is 7.92. The second-order valence-electron chi connectivity index (χ2n) is 7.12. The third-order valence-corrected chi connectivity index (χ3v) is 5.21. The van der Waals surface area contributed by atoms with Crippen LogP contribution >= 0.6 is 0 Å². The Kier molecular flexibility index (Phi) is 4.53. The predicted octanol–water partition coefficient (Wildman–Crippen LogP) is 3.78. The van der Waals surface area contributed by atoms with Gasteiger partial charge in [0.15, 0.2) is 5.76 Å². The van der Waals surface area contributed by atoms with Crippen molar-refractivity contribution in [2.24, 2.45) is 0 Å².